The maximum atomic E-state index is 12.7. The highest BCUT2D eigenvalue weighted by molar-refractivity contribution is 5.82. The van der Waals surface area contributed by atoms with Crippen molar-refractivity contribution in [2.24, 2.45) is 0 Å². The minimum atomic E-state index is -1.22. The van der Waals surface area contributed by atoms with Crippen molar-refractivity contribution < 1.29 is 39.1 Å². The van der Waals surface area contributed by atoms with Crippen molar-refractivity contribution in [2.45, 2.75) is 83.5 Å². The third kappa shape index (κ3) is 8.34. The Balaban J connectivity index is 2.18. The quantitative estimate of drug-likeness (QED) is 0.468. The number of nitrogens with one attached hydrogen (secondary N) is 1. The zero-order valence-corrected chi connectivity index (χ0v) is 20.0. The molecular weight excluding hydrogens is 430 g/mol. The molecule has 33 heavy (non-hydrogen) atoms. The highest BCUT2D eigenvalue weighted by Crippen LogP contribution is 2.26. The van der Waals surface area contributed by atoms with Crippen LogP contribution >= 0.6 is 0 Å². The van der Waals surface area contributed by atoms with Gasteiger partial charge in [0.2, 0.25) is 0 Å². The molecular formula is C24H35NO8. The second-order valence-electron chi connectivity index (χ2n) is 9.98. The Morgan fingerprint density at radius 3 is 2.12 bits per heavy atom. The molecule has 4 N–H and O–H groups in total. The van der Waals surface area contributed by atoms with Gasteiger partial charge in [-0.25, -0.2) is 9.59 Å². The van der Waals surface area contributed by atoms with Crippen LogP contribution in [0.25, 0.3) is 5.76 Å². The minimum absolute atomic E-state index is 0.162. The van der Waals surface area contributed by atoms with E-state index in [1.807, 2.05) is 0 Å². The fourth-order valence-corrected chi connectivity index (χ4v) is 3.11. The number of aliphatic hydroxyl groups excluding tert-OH is 3. The molecule has 1 aromatic carbocycles. The lowest BCUT2D eigenvalue weighted by molar-refractivity contribution is -0.157. The number of aliphatic hydroxyl groups is 3. The molecule has 0 spiro atoms. The molecule has 0 unspecified atom stereocenters. The molecule has 0 bridgehead atoms. The Kier molecular flexibility index (Phi) is 8.51. The maximum Gasteiger partial charge on any atom is 0.408 e. The van der Waals surface area contributed by atoms with E-state index in [0.717, 1.165) is 5.56 Å². The van der Waals surface area contributed by atoms with Gasteiger partial charge in [0.1, 0.15) is 35.2 Å². The highest BCUT2D eigenvalue weighted by Gasteiger charge is 2.32. The first-order valence-electron chi connectivity index (χ1n) is 10.9. The fraction of sp³-hybridized carbons (Fsp3) is 0.583. The second kappa shape index (κ2) is 10.5. The zero-order chi connectivity index (χ0) is 25.0. The second-order valence-corrected chi connectivity index (χ2v) is 9.98. The van der Waals surface area contributed by atoms with Gasteiger partial charge in [0.15, 0.2) is 6.10 Å². The van der Waals surface area contributed by atoms with Gasteiger partial charge in [-0.15, -0.1) is 0 Å². The first-order valence-corrected chi connectivity index (χ1v) is 10.9. The number of benzene rings is 1. The van der Waals surface area contributed by atoms with Gasteiger partial charge in [0.25, 0.3) is 0 Å². The van der Waals surface area contributed by atoms with Gasteiger partial charge < -0.3 is 34.8 Å². The van der Waals surface area contributed by atoms with Crippen LogP contribution in [0.4, 0.5) is 4.79 Å². The van der Waals surface area contributed by atoms with Crippen molar-refractivity contribution in [3.8, 4) is 0 Å². The molecule has 1 aliphatic rings. The number of hydrogen-bond acceptors (Lipinski definition) is 8. The zero-order valence-electron chi connectivity index (χ0n) is 20.0. The molecule has 0 aromatic heterocycles. The number of amides is 1. The van der Waals surface area contributed by atoms with Crippen molar-refractivity contribution in [3.63, 3.8) is 0 Å². The Morgan fingerprint density at radius 1 is 1.03 bits per heavy atom. The molecule has 0 saturated heterocycles. The highest BCUT2D eigenvalue weighted by atomic mass is 16.6. The Labute approximate surface area is 194 Å². The number of esters is 1. The van der Waals surface area contributed by atoms with E-state index in [9.17, 15) is 24.9 Å². The molecule has 184 valence electrons. The summed E-state index contributed by atoms with van der Waals surface area (Å²) in [6.07, 6.45) is -2.51. The molecule has 0 fully saturated rings. The van der Waals surface area contributed by atoms with E-state index in [0.29, 0.717) is 11.3 Å². The van der Waals surface area contributed by atoms with E-state index < -0.39 is 54.2 Å². The molecule has 1 aromatic rings. The van der Waals surface area contributed by atoms with Crippen LogP contribution < -0.4 is 5.32 Å². The number of hydrogen-bond donors (Lipinski definition) is 4. The average molecular weight is 466 g/mol. The molecule has 0 aliphatic carbocycles. The van der Waals surface area contributed by atoms with Crippen LogP contribution in [0.2, 0.25) is 0 Å². The van der Waals surface area contributed by atoms with Crippen LogP contribution in [-0.2, 0) is 25.4 Å². The van der Waals surface area contributed by atoms with Crippen LogP contribution in [-0.4, -0.2) is 69.5 Å². The van der Waals surface area contributed by atoms with Crippen LogP contribution in [0.1, 0.15) is 52.7 Å². The van der Waals surface area contributed by atoms with Gasteiger partial charge in [-0.3, -0.25) is 0 Å². The lowest BCUT2D eigenvalue weighted by Gasteiger charge is -2.31. The first-order chi connectivity index (χ1) is 15.2. The van der Waals surface area contributed by atoms with Gasteiger partial charge in [0.05, 0.1) is 6.61 Å². The lowest BCUT2D eigenvalue weighted by atomic mass is 9.99. The Hall–Kier alpha value is -2.62. The summed E-state index contributed by atoms with van der Waals surface area (Å²) in [5.41, 5.74) is -0.0880. The molecule has 9 heteroatoms. The normalized spacial score (nSPS) is 22.0. The van der Waals surface area contributed by atoms with Crippen molar-refractivity contribution in [1.29, 1.82) is 0 Å². The SMILES string of the molecule is CC(C)(C)OC(=O)N[C@@H](Cc1ccc(C2=C[C@@H](O)[C@H](O)[C@@H](CO)O2)cc1)C(=O)OC(C)(C)C. The lowest BCUT2D eigenvalue weighted by Crippen LogP contribution is -2.47. The summed E-state index contributed by atoms with van der Waals surface area (Å²) in [5.74, 6) is -0.257. The smallest absolute Gasteiger partial charge is 0.408 e. The van der Waals surface area contributed by atoms with E-state index >= 15 is 0 Å². The molecule has 1 aliphatic heterocycles. The number of ether oxygens (including phenoxy) is 3. The van der Waals surface area contributed by atoms with Crippen LogP contribution in [0.15, 0.2) is 30.3 Å². The summed E-state index contributed by atoms with van der Waals surface area (Å²) in [6, 6.07) is 5.98. The van der Waals surface area contributed by atoms with Gasteiger partial charge in [-0.1, -0.05) is 24.3 Å². The predicted molar refractivity (Wildman–Crippen MR) is 121 cm³/mol. The fourth-order valence-electron chi connectivity index (χ4n) is 3.11. The Bertz CT molecular complexity index is 851. The third-order valence-electron chi connectivity index (χ3n) is 4.57. The molecule has 1 amide bonds. The van der Waals surface area contributed by atoms with E-state index in [1.54, 1.807) is 65.8 Å². The summed E-state index contributed by atoms with van der Waals surface area (Å²) >= 11 is 0. The summed E-state index contributed by atoms with van der Waals surface area (Å²) < 4.78 is 16.3. The largest absolute Gasteiger partial charge is 0.485 e. The molecule has 4 atom stereocenters. The van der Waals surface area contributed by atoms with Gasteiger partial charge >= 0.3 is 12.1 Å². The predicted octanol–water partition coefficient (Wildman–Crippen LogP) is 1.92. The monoisotopic (exact) mass is 465 g/mol. The molecule has 9 nitrogen and oxygen atoms in total. The van der Waals surface area contributed by atoms with E-state index in [1.165, 1.54) is 6.08 Å². The van der Waals surface area contributed by atoms with Gasteiger partial charge in [0, 0.05) is 12.0 Å². The number of rotatable bonds is 6. The minimum Gasteiger partial charge on any atom is -0.485 e. The van der Waals surface area contributed by atoms with E-state index in [4.69, 9.17) is 14.2 Å². The van der Waals surface area contributed by atoms with Crippen molar-refractivity contribution in [1.82, 2.24) is 5.32 Å². The number of alkyl carbamates (subject to hydrolysis) is 1. The van der Waals surface area contributed by atoms with Crippen molar-refractivity contribution >= 4 is 17.8 Å². The Morgan fingerprint density at radius 2 is 1.61 bits per heavy atom. The standard InChI is InChI=1S/C24H35NO8/c1-23(2,3)32-21(29)16(25-22(30)33-24(4,5)6)11-14-7-9-15(10-8-14)18-12-17(27)20(28)19(13-26)31-18/h7-10,12,16-17,19-20,26-28H,11,13H2,1-6H3,(H,25,30)/t16-,17+,19+,20-/m0/s1. The first kappa shape index (κ1) is 26.6. The van der Waals surface area contributed by atoms with Crippen molar-refractivity contribution in [3.05, 3.63) is 41.5 Å². The summed E-state index contributed by atoms with van der Waals surface area (Å²) in [5, 5.41) is 31.8. The summed E-state index contributed by atoms with van der Waals surface area (Å²) in [6.45, 7) is 9.97. The number of carbonyl (C=O) groups excluding carboxylic acids is 2. The topological polar surface area (TPSA) is 135 Å². The molecule has 2 rings (SSSR count). The van der Waals surface area contributed by atoms with Gasteiger partial charge in [-0.05, 0) is 53.2 Å². The van der Waals surface area contributed by atoms with Gasteiger partial charge in [-0.2, -0.15) is 0 Å². The maximum absolute atomic E-state index is 12.7. The average Bonchev–Trinajstić information content (AvgIpc) is 2.67. The van der Waals surface area contributed by atoms with E-state index in [-0.39, 0.29) is 6.42 Å². The molecule has 0 saturated carbocycles. The van der Waals surface area contributed by atoms with Crippen LogP contribution in [0.3, 0.4) is 0 Å². The van der Waals surface area contributed by atoms with Crippen molar-refractivity contribution in [2.75, 3.05) is 6.61 Å². The number of carbonyl (C=O) groups is 2. The molecule has 0 radical (unpaired) electrons. The van der Waals surface area contributed by atoms with Crippen LogP contribution in [0.5, 0.6) is 0 Å². The van der Waals surface area contributed by atoms with E-state index in [2.05, 4.69) is 5.32 Å². The van der Waals surface area contributed by atoms with Crippen LogP contribution in [0, 0.1) is 0 Å². The third-order valence-corrected chi connectivity index (χ3v) is 4.57. The summed E-state index contributed by atoms with van der Waals surface area (Å²) in [7, 11) is 0. The summed E-state index contributed by atoms with van der Waals surface area (Å²) in [4.78, 5) is 25.0. The molecule has 1 heterocycles.